The van der Waals surface area contributed by atoms with Gasteiger partial charge >= 0.3 is 0 Å². The standard InChI is InChI=1S/C52H44N2/c1-51(2)45-31-39(53(35-19-9-5-10-20-35)36-21-11-6-12-22-36)29-30-40(45)43-32-47-44(33-46(43)51)50-42-28-18-17-27-41(42)49(34-48(50)52(47,3)4)54(37-23-13-7-14-24-37)38-25-15-8-16-26-38/h5-32,34,44H,33H2,1-4H3. The Morgan fingerprint density at radius 1 is 0.463 bits per heavy atom. The zero-order chi connectivity index (χ0) is 36.6. The third-order valence-corrected chi connectivity index (χ3v) is 12.5. The molecule has 0 radical (unpaired) electrons. The van der Waals surface area contributed by atoms with Crippen LogP contribution in [0.25, 0.3) is 16.3 Å². The van der Waals surface area contributed by atoms with E-state index in [9.17, 15) is 0 Å². The van der Waals surface area contributed by atoms with Gasteiger partial charge < -0.3 is 9.80 Å². The first-order valence-corrected chi connectivity index (χ1v) is 19.3. The van der Waals surface area contributed by atoms with Gasteiger partial charge in [-0.25, -0.2) is 0 Å². The van der Waals surface area contributed by atoms with Crippen molar-refractivity contribution in [2.24, 2.45) is 0 Å². The van der Waals surface area contributed by atoms with Gasteiger partial charge in [0, 0.05) is 50.6 Å². The molecular weight excluding hydrogens is 653 g/mol. The lowest BCUT2D eigenvalue weighted by atomic mass is 9.71. The van der Waals surface area contributed by atoms with Crippen molar-refractivity contribution in [3.63, 3.8) is 0 Å². The van der Waals surface area contributed by atoms with Crippen LogP contribution in [0.3, 0.4) is 0 Å². The van der Waals surface area contributed by atoms with Crippen molar-refractivity contribution < 1.29 is 0 Å². The van der Waals surface area contributed by atoms with Gasteiger partial charge in [-0.05, 0) is 106 Å². The smallest absolute Gasteiger partial charge is 0.0543 e. The largest absolute Gasteiger partial charge is 0.310 e. The highest BCUT2D eigenvalue weighted by Gasteiger charge is 2.49. The molecule has 0 N–H and O–H groups in total. The molecular formula is C52H44N2. The van der Waals surface area contributed by atoms with Crippen LogP contribution in [0.15, 0.2) is 187 Å². The van der Waals surface area contributed by atoms with Crippen molar-refractivity contribution in [1.29, 1.82) is 0 Å². The fourth-order valence-electron chi connectivity index (χ4n) is 9.85. The molecule has 3 aliphatic rings. The van der Waals surface area contributed by atoms with Gasteiger partial charge in [0.1, 0.15) is 0 Å². The maximum Gasteiger partial charge on any atom is 0.0543 e. The minimum atomic E-state index is -0.138. The molecule has 0 amide bonds. The lowest BCUT2D eigenvalue weighted by molar-refractivity contribution is 0.561. The van der Waals surface area contributed by atoms with E-state index in [0.717, 1.165) is 29.2 Å². The lowest BCUT2D eigenvalue weighted by Gasteiger charge is -2.33. The van der Waals surface area contributed by atoms with Gasteiger partial charge in [0.25, 0.3) is 0 Å². The fraction of sp³-hybridized carbons (Fsp3) is 0.154. The summed E-state index contributed by atoms with van der Waals surface area (Å²) in [7, 11) is 0. The van der Waals surface area contributed by atoms with E-state index in [1.807, 2.05) is 0 Å². The summed E-state index contributed by atoms with van der Waals surface area (Å²) in [5.41, 5.74) is 17.1. The Morgan fingerprint density at radius 2 is 0.963 bits per heavy atom. The molecule has 0 aliphatic heterocycles. The highest BCUT2D eigenvalue weighted by atomic mass is 15.1. The van der Waals surface area contributed by atoms with Crippen molar-refractivity contribution >= 4 is 50.5 Å². The number of nitrogens with zero attached hydrogens (tertiary/aromatic N) is 2. The van der Waals surface area contributed by atoms with E-state index in [2.05, 4.69) is 213 Å². The van der Waals surface area contributed by atoms with E-state index in [4.69, 9.17) is 0 Å². The molecule has 7 aromatic carbocycles. The summed E-state index contributed by atoms with van der Waals surface area (Å²) in [4.78, 5) is 4.83. The van der Waals surface area contributed by atoms with Crippen LogP contribution in [0, 0.1) is 0 Å². The van der Waals surface area contributed by atoms with Gasteiger partial charge in [0.15, 0.2) is 0 Å². The Morgan fingerprint density at radius 3 is 1.52 bits per heavy atom. The van der Waals surface area contributed by atoms with E-state index >= 15 is 0 Å². The monoisotopic (exact) mass is 696 g/mol. The lowest BCUT2D eigenvalue weighted by Crippen LogP contribution is -2.23. The number of allylic oxidation sites excluding steroid dienone is 4. The number of hydrogen-bond donors (Lipinski definition) is 0. The van der Waals surface area contributed by atoms with E-state index in [0.29, 0.717) is 5.92 Å². The molecule has 7 aromatic rings. The number of hydrogen-bond acceptors (Lipinski definition) is 2. The molecule has 10 rings (SSSR count). The van der Waals surface area contributed by atoms with E-state index < -0.39 is 0 Å². The number of anilines is 6. The van der Waals surface area contributed by atoms with E-state index in [1.165, 1.54) is 55.5 Å². The quantitative estimate of drug-likeness (QED) is 0.171. The predicted octanol–water partition coefficient (Wildman–Crippen LogP) is 14.2. The minimum Gasteiger partial charge on any atom is -0.310 e. The minimum absolute atomic E-state index is 0.109. The summed E-state index contributed by atoms with van der Waals surface area (Å²) in [6.45, 7) is 9.82. The van der Waals surface area contributed by atoms with Crippen LogP contribution < -0.4 is 9.80 Å². The maximum absolute atomic E-state index is 2.60. The average molecular weight is 697 g/mol. The number of benzene rings is 7. The Kier molecular flexibility index (Phi) is 7.36. The van der Waals surface area contributed by atoms with Crippen LogP contribution in [0.4, 0.5) is 34.1 Å². The fourth-order valence-corrected chi connectivity index (χ4v) is 9.85. The summed E-state index contributed by atoms with van der Waals surface area (Å²) < 4.78 is 0. The van der Waals surface area contributed by atoms with Crippen LogP contribution in [-0.2, 0) is 10.8 Å². The van der Waals surface area contributed by atoms with E-state index in [-0.39, 0.29) is 10.8 Å². The number of para-hydroxylation sites is 4. The van der Waals surface area contributed by atoms with E-state index in [1.54, 1.807) is 5.57 Å². The molecule has 1 unspecified atom stereocenters. The van der Waals surface area contributed by atoms with Crippen LogP contribution in [-0.4, -0.2) is 0 Å². The summed E-state index contributed by atoms with van der Waals surface area (Å²) in [5, 5.41) is 2.66. The molecule has 0 aromatic heterocycles. The zero-order valence-corrected chi connectivity index (χ0v) is 31.4. The number of rotatable bonds is 6. The van der Waals surface area contributed by atoms with Crippen molar-refractivity contribution in [3.8, 4) is 0 Å². The Bertz CT molecular complexity index is 2540. The second-order valence-corrected chi connectivity index (χ2v) is 16.1. The summed E-state index contributed by atoms with van der Waals surface area (Å²) in [6, 6.07) is 62.0. The van der Waals surface area contributed by atoms with Gasteiger partial charge in [0.05, 0.1) is 5.69 Å². The Labute approximate surface area is 319 Å². The Hall–Kier alpha value is -6.12. The van der Waals surface area contributed by atoms with Crippen LogP contribution in [0.5, 0.6) is 0 Å². The molecule has 54 heavy (non-hydrogen) atoms. The van der Waals surface area contributed by atoms with Crippen LogP contribution in [0.1, 0.15) is 62.3 Å². The summed E-state index contributed by atoms with van der Waals surface area (Å²) >= 11 is 0. The molecule has 3 aliphatic carbocycles. The maximum atomic E-state index is 2.60. The van der Waals surface area contributed by atoms with Gasteiger partial charge in [0.2, 0.25) is 0 Å². The molecule has 262 valence electrons. The molecule has 0 heterocycles. The molecule has 2 heteroatoms. The first-order valence-electron chi connectivity index (χ1n) is 19.3. The SMILES string of the molecule is CC1(C)C2=C(C=C3C(C2)c2c(cc(N(c4ccccc4)c4ccccc4)c4ccccc24)C3(C)C)c2ccc(N(c3ccccc3)c3ccccc3)cc21. The highest BCUT2D eigenvalue weighted by molar-refractivity contribution is 6.03. The molecule has 0 bridgehead atoms. The van der Waals surface area contributed by atoms with Crippen molar-refractivity contribution in [1.82, 2.24) is 0 Å². The second kappa shape index (κ2) is 12.2. The van der Waals surface area contributed by atoms with Crippen molar-refractivity contribution in [2.75, 3.05) is 9.80 Å². The molecule has 0 saturated heterocycles. The second-order valence-electron chi connectivity index (χ2n) is 16.1. The average Bonchev–Trinajstić information content (AvgIpc) is 3.57. The van der Waals surface area contributed by atoms with Crippen molar-refractivity contribution in [2.45, 2.75) is 50.9 Å². The first-order chi connectivity index (χ1) is 26.3. The highest BCUT2D eigenvalue weighted by Crippen LogP contribution is 2.63. The molecule has 0 spiro atoms. The zero-order valence-electron chi connectivity index (χ0n) is 31.4. The van der Waals surface area contributed by atoms with Gasteiger partial charge in [-0.2, -0.15) is 0 Å². The summed E-state index contributed by atoms with van der Waals surface area (Å²) in [6.07, 6.45) is 3.63. The Balaban J connectivity index is 1.11. The molecule has 0 saturated carbocycles. The molecule has 1 atom stereocenters. The molecule has 2 nitrogen and oxygen atoms in total. The van der Waals surface area contributed by atoms with Crippen molar-refractivity contribution in [3.05, 3.63) is 209 Å². The third kappa shape index (κ3) is 4.86. The van der Waals surface area contributed by atoms with Crippen LogP contribution in [0.2, 0.25) is 0 Å². The van der Waals surface area contributed by atoms with Gasteiger partial charge in [-0.15, -0.1) is 0 Å². The first kappa shape index (κ1) is 32.5. The number of fused-ring (bicyclic) bond motifs is 7. The third-order valence-electron chi connectivity index (χ3n) is 12.5. The van der Waals surface area contributed by atoms with Gasteiger partial charge in [-0.1, -0.05) is 148 Å². The van der Waals surface area contributed by atoms with Crippen LogP contribution >= 0.6 is 0 Å². The topological polar surface area (TPSA) is 6.48 Å². The van der Waals surface area contributed by atoms with Gasteiger partial charge in [-0.3, -0.25) is 0 Å². The normalized spacial score (nSPS) is 17.3. The summed E-state index contributed by atoms with van der Waals surface area (Å²) in [5.74, 6) is 0.327. The molecule has 0 fully saturated rings. The predicted molar refractivity (Wildman–Crippen MR) is 228 cm³/mol.